The van der Waals surface area contributed by atoms with E-state index in [4.69, 9.17) is 15.6 Å². The molecule has 0 aliphatic rings. The van der Waals surface area contributed by atoms with Gasteiger partial charge in [-0.2, -0.15) is 4.98 Å². The Bertz CT molecular complexity index is 415. The third kappa shape index (κ3) is 3.02. The van der Waals surface area contributed by atoms with E-state index in [-0.39, 0.29) is 11.7 Å². The predicted octanol–water partition coefficient (Wildman–Crippen LogP) is 1.68. The number of terminal acetylenes is 1. The molecule has 5 nitrogen and oxygen atoms in total. The summed E-state index contributed by atoms with van der Waals surface area (Å²) in [7, 11) is 0. The van der Waals surface area contributed by atoms with Crippen molar-refractivity contribution in [3.63, 3.8) is 0 Å². The zero-order valence-corrected chi connectivity index (χ0v) is 9.53. The Kier molecular flexibility index (Phi) is 3.56. The molecule has 1 aromatic heterocycles. The van der Waals surface area contributed by atoms with Crippen LogP contribution in [0.4, 0.5) is 6.01 Å². The summed E-state index contributed by atoms with van der Waals surface area (Å²) in [5, 5.41) is 2.86. The van der Waals surface area contributed by atoms with Crippen LogP contribution in [-0.2, 0) is 4.74 Å². The maximum Gasteiger partial charge on any atom is 0.360 e. The second kappa shape index (κ2) is 4.71. The Morgan fingerprint density at radius 1 is 1.75 bits per heavy atom. The molecule has 0 saturated carbocycles. The van der Waals surface area contributed by atoms with E-state index in [9.17, 15) is 4.79 Å². The van der Waals surface area contributed by atoms with E-state index in [0.717, 1.165) is 0 Å². The molecule has 1 aromatic rings. The molecule has 0 saturated heterocycles. The van der Waals surface area contributed by atoms with Gasteiger partial charge in [-0.1, -0.05) is 5.92 Å². The Morgan fingerprint density at radius 2 is 2.44 bits per heavy atom. The highest BCUT2D eigenvalue weighted by Crippen LogP contribution is 2.14. The molecule has 0 spiro atoms. The fourth-order valence-corrected chi connectivity index (χ4v) is 0.933. The highest BCUT2D eigenvalue weighted by Gasteiger charge is 2.18. The van der Waals surface area contributed by atoms with E-state index in [2.05, 4.69) is 16.2 Å². The highest BCUT2D eigenvalue weighted by molar-refractivity contribution is 5.87. The SMILES string of the molecule is C#CC(C)(C)Nc1nc(C(=O)OCC)co1. The number of rotatable bonds is 4. The molecule has 0 unspecified atom stereocenters. The number of nitrogens with zero attached hydrogens (tertiary/aromatic N) is 1. The van der Waals surface area contributed by atoms with E-state index in [1.54, 1.807) is 20.8 Å². The fourth-order valence-electron chi connectivity index (χ4n) is 0.933. The van der Waals surface area contributed by atoms with Crippen molar-refractivity contribution in [2.75, 3.05) is 11.9 Å². The number of ether oxygens (including phenoxy) is 1. The van der Waals surface area contributed by atoms with Crippen molar-refractivity contribution in [2.45, 2.75) is 26.3 Å². The molecular weight excluding hydrogens is 208 g/mol. The van der Waals surface area contributed by atoms with Crippen LogP contribution in [0.2, 0.25) is 0 Å². The second-order valence-electron chi connectivity index (χ2n) is 3.65. The molecule has 86 valence electrons. The zero-order valence-electron chi connectivity index (χ0n) is 9.53. The Labute approximate surface area is 94.2 Å². The molecule has 1 N–H and O–H groups in total. The maximum atomic E-state index is 11.3. The summed E-state index contributed by atoms with van der Waals surface area (Å²) in [5.74, 6) is 2.01. The van der Waals surface area contributed by atoms with Crippen LogP contribution in [0.25, 0.3) is 0 Å². The van der Waals surface area contributed by atoms with Crippen molar-refractivity contribution >= 4 is 12.0 Å². The first-order valence-electron chi connectivity index (χ1n) is 4.87. The lowest BCUT2D eigenvalue weighted by Gasteiger charge is -2.17. The van der Waals surface area contributed by atoms with Crippen molar-refractivity contribution in [1.29, 1.82) is 0 Å². The minimum absolute atomic E-state index is 0.122. The standard InChI is InChI=1S/C11H14N2O3/c1-5-11(3,4)13-10-12-8(7-16-10)9(14)15-6-2/h1,7H,6H2,2-4H3,(H,12,13). The van der Waals surface area contributed by atoms with Gasteiger partial charge in [-0.05, 0) is 20.8 Å². The number of hydrogen-bond donors (Lipinski definition) is 1. The molecule has 0 aliphatic heterocycles. The van der Waals surface area contributed by atoms with E-state index in [1.807, 2.05) is 0 Å². The molecule has 0 fully saturated rings. The monoisotopic (exact) mass is 222 g/mol. The summed E-state index contributed by atoms with van der Waals surface area (Å²) < 4.78 is 9.82. The number of carbonyl (C=O) groups is 1. The van der Waals surface area contributed by atoms with Gasteiger partial charge in [0.25, 0.3) is 6.01 Å². The first-order chi connectivity index (χ1) is 7.48. The number of carbonyl (C=O) groups excluding carboxylic acids is 1. The summed E-state index contributed by atoms with van der Waals surface area (Å²) in [6, 6.07) is 0.200. The first-order valence-corrected chi connectivity index (χ1v) is 4.87. The number of nitrogens with one attached hydrogen (secondary N) is 1. The number of oxazole rings is 1. The van der Waals surface area contributed by atoms with Gasteiger partial charge in [-0.15, -0.1) is 6.42 Å². The van der Waals surface area contributed by atoms with Gasteiger partial charge in [-0.25, -0.2) is 4.79 Å². The highest BCUT2D eigenvalue weighted by atomic mass is 16.5. The van der Waals surface area contributed by atoms with Crippen molar-refractivity contribution in [3.8, 4) is 12.3 Å². The summed E-state index contributed by atoms with van der Waals surface area (Å²) in [6.07, 6.45) is 6.52. The molecule has 16 heavy (non-hydrogen) atoms. The summed E-state index contributed by atoms with van der Waals surface area (Å²) in [6.45, 7) is 5.60. The van der Waals surface area contributed by atoms with Crippen molar-refractivity contribution in [1.82, 2.24) is 4.98 Å². The van der Waals surface area contributed by atoms with Crippen LogP contribution in [-0.4, -0.2) is 23.1 Å². The third-order valence-corrected chi connectivity index (χ3v) is 1.77. The average molecular weight is 222 g/mol. The Morgan fingerprint density at radius 3 is 3.00 bits per heavy atom. The second-order valence-corrected chi connectivity index (χ2v) is 3.65. The zero-order chi connectivity index (χ0) is 12.2. The van der Waals surface area contributed by atoms with Crippen molar-refractivity contribution in [2.24, 2.45) is 0 Å². The maximum absolute atomic E-state index is 11.3. The van der Waals surface area contributed by atoms with E-state index >= 15 is 0 Å². The first kappa shape index (κ1) is 12.1. The lowest BCUT2D eigenvalue weighted by molar-refractivity contribution is 0.0519. The van der Waals surface area contributed by atoms with Gasteiger partial charge in [-0.3, -0.25) is 0 Å². The van der Waals surface area contributed by atoms with Crippen LogP contribution in [0.5, 0.6) is 0 Å². The van der Waals surface area contributed by atoms with E-state index in [1.165, 1.54) is 6.26 Å². The quantitative estimate of drug-likeness (QED) is 0.620. The molecule has 0 bridgehead atoms. The van der Waals surface area contributed by atoms with Gasteiger partial charge < -0.3 is 14.5 Å². The van der Waals surface area contributed by atoms with Gasteiger partial charge >= 0.3 is 5.97 Å². The van der Waals surface area contributed by atoms with Gasteiger partial charge in [0.05, 0.1) is 12.1 Å². The number of aromatic nitrogens is 1. The molecule has 0 amide bonds. The van der Waals surface area contributed by atoms with Crippen LogP contribution in [0.3, 0.4) is 0 Å². The number of esters is 1. The van der Waals surface area contributed by atoms with Crippen LogP contribution in [0.1, 0.15) is 31.3 Å². The number of anilines is 1. The topological polar surface area (TPSA) is 64.4 Å². The lowest BCUT2D eigenvalue weighted by Crippen LogP contribution is -2.28. The minimum atomic E-state index is -0.587. The Hall–Kier alpha value is -1.96. The van der Waals surface area contributed by atoms with Crippen LogP contribution in [0, 0.1) is 12.3 Å². The van der Waals surface area contributed by atoms with Gasteiger partial charge in [0.1, 0.15) is 6.26 Å². The summed E-state index contributed by atoms with van der Waals surface area (Å²) in [4.78, 5) is 15.2. The van der Waals surface area contributed by atoms with Gasteiger partial charge in [0.2, 0.25) is 0 Å². The van der Waals surface area contributed by atoms with Gasteiger partial charge in [0.15, 0.2) is 5.69 Å². The fraction of sp³-hybridized carbons (Fsp3) is 0.455. The van der Waals surface area contributed by atoms with Gasteiger partial charge in [0, 0.05) is 0 Å². The predicted molar refractivity (Wildman–Crippen MR) is 59.0 cm³/mol. The third-order valence-electron chi connectivity index (χ3n) is 1.77. The number of hydrogen-bond acceptors (Lipinski definition) is 5. The normalized spacial score (nSPS) is 10.6. The van der Waals surface area contributed by atoms with E-state index < -0.39 is 11.5 Å². The molecule has 5 heteroatoms. The minimum Gasteiger partial charge on any atom is -0.461 e. The molecule has 0 aliphatic carbocycles. The van der Waals surface area contributed by atoms with Crippen molar-refractivity contribution in [3.05, 3.63) is 12.0 Å². The molecule has 1 rings (SSSR count). The lowest BCUT2D eigenvalue weighted by atomic mass is 10.1. The Balaban J connectivity index is 2.73. The van der Waals surface area contributed by atoms with Crippen molar-refractivity contribution < 1.29 is 13.9 Å². The average Bonchev–Trinajstić information content (AvgIpc) is 2.66. The molecule has 1 heterocycles. The molecule has 0 radical (unpaired) electrons. The molecule has 0 atom stereocenters. The summed E-state index contributed by atoms with van der Waals surface area (Å²) >= 11 is 0. The van der Waals surface area contributed by atoms with Crippen LogP contribution in [0.15, 0.2) is 10.7 Å². The largest absolute Gasteiger partial charge is 0.461 e. The summed E-state index contributed by atoms with van der Waals surface area (Å²) in [5.41, 5.74) is -0.464. The van der Waals surface area contributed by atoms with E-state index in [0.29, 0.717) is 6.61 Å². The van der Waals surface area contributed by atoms with Crippen LogP contribution < -0.4 is 5.32 Å². The molecule has 0 aromatic carbocycles. The molecular formula is C11H14N2O3. The van der Waals surface area contributed by atoms with Crippen LogP contribution >= 0.6 is 0 Å². The smallest absolute Gasteiger partial charge is 0.360 e.